The summed E-state index contributed by atoms with van der Waals surface area (Å²) in [4.78, 5) is 128. The summed E-state index contributed by atoms with van der Waals surface area (Å²) in [5.41, 5.74) is -2.27. The van der Waals surface area contributed by atoms with Crippen LogP contribution in [0.1, 0.15) is 144 Å². The van der Waals surface area contributed by atoms with Gasteiger partial charge >= 0.3 is 23.9 Å². The van der Waals surface area contributed by atoms with Crippen molar-refractivity contribution in [3.05, 3.63) is 0 Å². The molecule has 0 aromatic carbocycles. The third kappa shape index (κ3) is 66.5. The monoisotopic (exact) mass is 1590 g/mol. The topological polar surface area (TPSA) is 308 Å². The van der Waals surface area contributed by atoms with E-state index in [0.717, 1.165) is 105 Å². The van der Waals surface area contributed by atoms with Crippen LogP contribution in [0.5, 0.6) is 0 Å². The molecule has 3 unspecified atom stereocenters. The minimum Gasteiger partial charge on any atom is -0.459 e. The van der Waals surface area contributed by atoms with E-state index in [1.165, 1.54) is 27.7 Å². The molecule has 7 N–H and O–H groups in total. The average molecular weight is 1590 g/mol. The van der Waals surface area contributed by atoms with E-state index in [0.29, 0.717) is 65.2 Å². The van der Waals surface area contributed by atoms with Gasteiger partial charge in [0, 0.05) is 176 Å². The molecule has 574 valence electrons. The van der Waals surface area contributed by atoms with E-state index in [4.69, 9.17) is 53.8 Å². The van der Waals surface area contributed by atoms with Crippen LogP contribution in [0.2, 0.25) is 0 Å². The van der Waals surface area contributed by atoms with Gasteiger partial charge in [0.15, 0.2) is 4.30 Å². The lowest BCUT2D eigenvalue weighted by Crippen LogP contribution is -2.52. The number of esters is 4. The Morgan fingerprint density at radius 3 is 0.745 bits per heavy atom. The number of carbonyl (C=O) groups is 10. The van der Waals surface area contributed by atoms with Crippen LogP contribution in [-0.4, -0.2) is 309 Å². The Bertz CT molecular complexity index is 2180. The zero-order chi connectivity index (χ0) is 75.7. The van der Waals surface area contributed by atoms with Gasteiger partial charge in [-0.2, -0.15) is 0 Å². The standard InChI is InChI=1S/C32H58N4O8.C14H28N4O2.C8H20N4.C6H11BrO2.C6H9BrO2.CHCl3/c1-24(37)20-26(25(2)38)36-18-16-34(22-28(40)43-31(6,7)8)14-12-33(21-27(39)42-30(3,4)5)13-15-35(17-19-36)23-29(41)44-32(9,10)11;1-12(19)11-14(13(2)20)18-9-7-16-5-3-15-4-6-17-8-10-18;1-2-10-5-6-12-8-7-11-4-3-9-1;1-6(2,3)9-5(8)4-7;1-4(8)3-6(7)5(2)9;2-1(3)4/h26H,12-23H2,1-11H3;14-17H,3-11H2,1-2H3;9-12H,1-8H2;4H2,1-3H3;6H,3H2,1-2H3;1H. The molecular weight excluding hydrogens is 1460 g/mol. The highest BCUT2D eigenvalue weighted by Gasteiger charge is 2.30. The van der Waals surface area contributed by atoms with E-state index in [1.807, 2.05) is 103 Å². The number of Topliss-reactive ketones (excluding diaryl/α,β-unsaturated/α-hetero) is 6. The normalized spacial score (nSPS) is 18.2. The molecule has 26 nitrogen and oxygen atoms in total. The molecule has 3 saturated heterocycles. The molecule has 0 bridgehead atoms. The Labute approximate surface area is 619 Å². The summed E-state index contributed by atoms with van der Waals surface area (Å²) in [5.74, 6) is -1.34. The maximum atomic E-state index is 12.8. The van der Waals surface area contributed by atoms with E-state index in [2.05, 4.69) is 74.0 Å². The lowest BCUT2D eigenvalue weighted by Gasteiger charge is -2.36. The molecule has 3 fully saturated rings. The van der Waals surface area contributed by atoms with E-state index in [-0.39, 0.29) is 106 Å². The Hall–Kier alpha value is -2.75. The summed E-state index contributed by atoms with van der Waals surface area (Å²) in [7, 11) is 0. The first-order chi connectivity index (χ1) is 45.4. The molecule has 0 amide bonds. The van der Waals surface area contributed by atoms with Crippen molar-refractivity contribution in [3.8, 4) is 0 Å². The third-order valence-electron chi connectivity index (χ3n) is 13.4. The predicted octanol–water partition coefficient (Wildman–Crippen LogP) is 4.56. The van der Waals surface area contributed by atoms with Crippen LogP contribution in [0.25, 0.3) is 0 Å². The Kier molecular flexibility index (Phi) is 57.5. The van der Waals surface area contributed by atoms with E-state index in [1.54, 1.807) is 13.8 Å². The van der Waals surface area contributed by atoms with Crippen molar-refractivity contribution in [3.63, 3.8) is 0 Å². The summed E-state index contributed by atoms with van der Waals surface area (Å²) in [6.45, 7) is 50.0. The number of nitrogens with zero attached hydrogens (tertiary/aromatic N) is 5. The van der Waals surface area contributed by atoms with Gasteiger partial charge in [0.05, 0.1) is 36.5 Å². The maximum absolute atomic E-state index is 12.8. The SMILES string of the molecule is C1CNCCNCCNCCN1.CC(=O)CC(Br)C(C)=O.CC(=O)CC(C(C)=O)N1CCN(CC(=O)OC(C)(C)C)CCN(CC(=O)OC(C)(C)C)CCN(CC(=O)OC(C)(C)C)CC1.CC(=O)CC(C(C)=O)N1CCNCCNCCNCC1.CC(C)(C)OC(=O)CBr.ClC(Cl)Cl. The van der Waals surface area contributed by atoms with Gasteiger partial charge in [0.1, 0.15) is 62.4 Å². The number of alkyl halides is 5. The van der Waals surface area contributed by atoms with Gasteiger partial charge in [-0.3, -0.25) is 72.4 Å². The lowest BCUT2D eigenvalue weighted by atomic mass is 10.1. The van der Waals surface area contributed by atoms with Crippen LogP contribution in [0, 0.1) is 0 Å². The smallest absolute Gasteiger partial charge is 0.320 e. The molecule has 0 aromatic rings. The second-order valence-corrected chi connectivity index (χ2v) is 31.6. The number of hydrogen-bond acceptors (Lipinski definition) is 26. The Morgan fingerprint density at radius 2 is 0.561 bits per heavy atom. The van der Waals surface area contributed by atoms with Crippen molar-refractivity contribution < 1.29 is 66.9 Å². The van der Waals surface area contributed by atoms with Crippen molar-refractivity contribution in [2.75, 3.05) is 182 Å². The van der Waals surface area contributed by atoms with Crippen LogP contribution < -0.4 is 37.2 Å². The molecule has 3 aliphatic heterocycles. The minimum atomic E-state index is -0.750. The molecule has 31 heteroatoms. The quantitative estimate of drug-likeness (QED) is 0.0562. The number of hydrogen-bond donors (Lipinski definition) is 7. The highest BCUT2D eigenvalue weighted by atomic mass is 79.9. The number of ether oxygens (including phenoxy) is 4. The first-order valence-electron chi connectivity index (χ1n) is 34.0. The molecule has 0 saturated carbocycles. The fourth-order valence-corrected chi connectivity index (χ4v) is 9.75. The largest absolute Gasteiger partial charge is 0.459 e. The number of rotatable bonds is 18. The first kappa shape index (κ1) is 99.4. The summed E-state index contributed by atoms with van der Waals surface area (Å²) < 4.78 is 20.9. The molecular formula is C67H127Br2Cl3N12O14. The lowest BCUT2D eigenvalue weighted by molar-refractivity contribution is -0.158. The van der Waals surface area contributed by atoms with Crippen LogP contribution in [0.4, 0.5) is 0 Å². The van der Waals surface area contributed by atoms with Gasteiger partial charge in [-0.05, 0) is 125 Å². The summed E-state index contributed by atoms with van der Waals surface area (Å²) in [6, 6.07) is -0.900. The first-order valence-corrected chi connectivity index (χ1v) is 37.3. The van der Waals surface area contributed by atoms with Crippen molar-refractivity contribution in [2.24, 2.45) is 0 Å². The van der Waals surface area contributed by atoms with Crippen LogP contribution in [0.3, 0.4) is 0 Å². The van der Waals surface area contributed by atoms with Crippen molar-refractivity contribution in [2.45, 2.75) is 188 Å². The fourth-order valence-electron chi connectivity index (χ4n) is 9.18. The zero-order valence-corrected chi connectivity index (χ0v) is 68.0. The molecule has 3 atom stereocenters. The Balaban J connectivity index is -0.00000135. The minimum absolute atomic E-state index is 0.00481. The maximum Gasteiger partial charge on any atom is 0.320 e. The molecule has 0 aromatic heterocycles. The molecule has 3 heterocycles. The van der Waals surface area contributed by atoms with Crippen molar-refractivity contribution in [1.29, 1.82) is 0 Å². The molecule has 0 radical (unpaired) electrons. The van der Waals surface area contributed by atoms with Gasteiger partial charge in [0.25, 0.3) is 0 Å². The highest BCUT2D eigenvalue weighted by molar-refractivity contribution is 9.10. The zero-order valence-electron chi connectivity index (χ0n) is 62.6. The fraction of sp³-hybridized carbons (Fsp3) is 0.851. The van der Waals surface area contributed by atoms with Crippen molar-refractivity contribution in [1.82, 2.24) is 61.7 Å². The van der Waals surface area contributed by atoms with Gasteiger partial charge in [-0.15, -0.1) is 0 Å². The van der Waals surface area contributed by atoms with Gasteiger partial charge in [-0.1, -0.05) is 66.7 Å². The van der Waals surface area contributed by atoms with E-state index >= 15 is 0 Å². The Morgan fingerprint density at radius 1 is 0.347 bits per heavy atom. The van der Waals surface area contributed by atoms with Gasteiger partial charge < -0.3 is 56.2 Å². The van der Waals surface area contributed by atoms with Crippen LogP contribution in [-0.2, 0) is 66.9 Å². The van der Waals surface area contributed by atoms with Crippen molar-refractivity contribution >= 4 is 125 Å². The second-order valence-electron chi connectivity index (χ2n) is 27.9. The molecule has 3 rings (SSSR count). The molecule has 0 aliphatic carbocycles. The van der Waals surface area contributed by atoms with Gasteiger partial charge in [-0.25, -0.2) is 0 Å². The van der Waals surface area contributed by atoms with Gasteiger partial charge in [0.2, 0.25) is 0 Å². The number of nitrogens with one attached hydrogen (secondary N) is 7. The summed E-state index contributed by atoms with van der Waals surface area (Å²) in [5, 5.41) is 23.8. The third-order valence-corrected chi connectivity index (χ3v) is 14.9. The second kappa shape index (κ2) is 56.7. The van der Waals surface area contributed by atoms with Crippen LogP contribution >= 0.6 is 66.7 Å². The molecule has 3 aliphatic rings. The van der Waals surface area contributed by atoms with Crippen LogP contribution in [0.15, 0.2) is 0 Å². The highest BCUT2D eigenvalue weighted by Crippen LogP contribution is 2.15. The number of halogens is 5. The number of carbonyl (C=O) groups excluding carboxylic acids is 10. The van der Waals surface area contributed by atoms with E-state index in [9.17, 15) is 47.9 Å². The number of ketones is 6. The summed E-state index contributed by atoms with van der Waals surface area (Å²) in [6.07, 6.45) is 0.698. The van der Waals surface area contributed by atoms with E-state index < -0.39 is 27.1 Å². The predicted molar refractivity (Wildman–Crippen MR) is 399 cm³/mol. The molecule has 98 heavy (non-hydrogen) atoms. The summed E-state index contributed by atoms with van der Waals surface area (Å²) >= 11 is 20.5. The average Bonchev–Trinajstić information content (AvgIpc) is 0.885. The molecule has 0 spiro atoms.